The maximum Gasteiger partial charge on any atom is 0.248 e. The number of amides is 2. The molecule has 0 radical (unpaired) electrons. The number of hydrogen-bond acceptors (Lipinski definition) is 6. The Morgan fingerprint density at radius 1 is 1.30 bits per heavy atom. The highest BCUT2D eigenvalue weighted by atomic mass is 32.2. The van der Waals surface area contributed by atoms with Crippen LogP contribution in [0.2, 0.25) is 0 Å². The first kappa shape index (κ1) is 21.4. The summed E-state index contributed by atoms with van der Waals surface area (Å²) in [6.45, 7) is 7.36. The summed E-state index contributed by atoms with van der Waals surface area (Å²) in [4.78, 5) is 25.9. The molecule has 27 heavy (non-hydrogen) atoms. The lowest BCUT2D eigenvalue weighted by atomic mass is 9.96. The molecule has 1 aromatic rings. The van der Waals surface area contributed by atoms with E-state index in [9.17, 15) is 18.0 Å². The molecule has 1 N–H and O–H groups in total. The minimum Gasteiger partial charge on any atom is -0.360 e. The van der Waals surface area contributed by atoms with Crippen LogP contribution in [0, 0.1) is 19.8 Å². The molecule has 2 heterocycles. The van der Waals surface area contributed by atoms with Crippen molar-refractivity contribution in [3.8, 4) is 0 Å². The fourth-order valence-corrected chi connectivity index (χ4v) is 5.05. The van der Waals surface area contributed by atoms with Crippen LogP contribution >= 0.6 is 0 Å². The minimum absolute atomic E-state index is 0.00535. The number of aromatic nitrogens is 1. The number of nitrogens with zero attached hydrogens (tertiary/aromatic N) is 3. The van der Waals surface area contributed by atoms with Gasteiger partial charge >= 0.3 is 0 Å². The van der Waals surface area contributed by atoms with Crippen molar-refractivity contribution >= 4 is 21.8 Å². The topological polar surface area (TPSA) is 113 Å². The molecule has 0 saturated carbocycles. The second-order valence-electron chi connectivity index (χ2n) is 7.25. The maximum absolute atomic E-state index is 12.8. The van der Waals surface area contributed by atoms with E-state index in [2.05, 4.69) is 10.5 Å². The van der Waals surface area contributed by atoms with Crippen LogP contribution in [-0.2, 0) is 19.6 Å². The molecule has 9 nitrogen and oxygen atoms in total. The summed E-state index contributed by atoms with van der Waals surface area (Å²) in [5.41, 5.74) is 0.335. The third kappa shape index (κ3) is 4.86. The van der Waals surface area contributed by atoms with Crippen LogP contribution in [0.1, 0.15) is 38.1 Å². The highest BCUT2D eigenvalue weighted by Crippen LogP contribution is 2.28. The molecule has 0 aliphatic carbocycles. The van der Waals surface area contributed by atoms with Gasteiger partial charge in [-0.2, -0.15) is 4.31 Å². The molecule has 0 spiro atoms. The lowest BCUT2D eigenvalue weighted by Crippen LogP contribution is -2.46. The third-order valence-electron chi connectivity index (χ3n) is 4.58. The Morgan fingerprint density at radius 2 is 1.89 bits per heavy atom. The van der Waals surface area contributed by atoms with E-state index in [4.69, 9.17) is 4.52 Å². The molecule has 0 unspecified atom stereocenters. The van der Waals surface area contributed by atoms with Crippen molar-refractivity contribution in [2.75, 3.05) is 26.7 Å². The van der Waals surface area contributed by atoms with Gasteiger partial charge in [-0.25, -0.2) is 8.42 Å². The number of carbonyl (C=O) groups excluding carboxylic acids is 2. The number of likely N-dealkylation sites (N-methyl/N-ethyl adjacent to an activating group) is 1. The Balaban J connectivity index is 1.96. The minimum atomic E-state index is -3.69. The van der Waals surface area contributed by atoms with Crippen LogP contribution in [0.3, 0.4) is 0 Å². The molecular formula is C17H28N4O5S. The van der Waals surface area contributed by atoms with Gasteiger partial charge in [-0.1, -0.05) is 5.16 Å². The lowest BCUT2D eigenvalue weighted by Gasteiger charge is -2.32. The molecule has 0 aromatic carbocycles. The van der Waals surface area contributed by atoms with E-state index in [0.29, 0.717) is 18.5 Å². The first-order valence-electron chi connectivity index (χ1n) is 9.01. The second-order valence-corrected chi connectivity index (χ2v) is 9.12. The largest absolute Gasteiger partial charge is 0.360 e. The number of nitrogens with one attached hydrogen (secondary N) is 1. The smallest absolute Gasteiger partial charge is 0.248 e. The van der Waals surface area contributed by atoms with Gasteiger partial charge < -0.3 is 14.7 Å². The molecule has 2 rings (SSSR count). The van der Waals surface area contributed by atoms with Crippen LogP contribution in [0.5, 0.6) is 0 Å². The van der Waals surface area contributed by atoms with Crippen LogP contribution in [0.25, 0.3) is 0 Å². The van der Waals surface area contributed by atoms with E-state index in [1.54, 1.807) is 20.9 Å². The maximum atomic E-state index is 12.8. The SMILES string of the molecule is Cc1noc(C)c1S(=O)(=O)N1CCC(C(=O)N(C)CC(=O)NC(C)C)CC1. The molecule has 152 valence electrons. The van der Waals surface area contributed by atoms with Gasteiger partial charge in [0.25, 0.3) is 0 Å². The molecule has 0 bridgehead atoms. The van der Waals surface area contributed by atoms with Crippen molar-refractivity contribution in [3.63, 3.8) is 0 Å². The van der Waals surface area contributed by atoms with E-state index >= 15 is 0 Å². The van der Waals surface area contributed by atoms with Crippen molar-refractivity contribution in [1.29, 1.82) is 0 Å². The van der Waals surface area contributed by atoms with Crippen molar-refractivity contribution < 1.29 is 22.5 Å². The quantitative estimate of drug-likeness (QED) is 0.751. The number of sulfonamides is 1. The predicted molar refractivity (Wildman–Crippen MR) is 98.4 cm³/mol. The Kier molecular flexibility index (Phi) is 6.63. The summed E-state index contributed by atoms with van der Waals surface area (Å²) >= 11 is 0. The number of piperidine rings is 1. The van der Waals surface area contributed by atoms with E-state index in [1.165, 1.54) is 9.21 Å². The first-order valence-corrected chi connectivity index (χ1v) is 10.5. The number of aryl methyl sites for hydroxylation is 2. The summed E-state index contributed by atoms with van der Waals surface area (Å²) in [6, 6.07) is 0.0128. The predicted octanol–water partition coefficient (Wildman–Crippen LogP) is 0.675. The fourth-order valence-electron chi connectivity index (χ4n) is 3.29. The van der Waals surface area contributed by atoms with Crippen molar-refractivity contribution in [2.45, 2.75) is 51.5 Å². The summed E-state index contributed by atoms with van der Waals surface area (Å²) in [5, 5.41) is 6.46. The zero-order chi connectivity index (χ0) is 20.4. The molecule has 1 fully saturated rings. The van der Waals surface area contributed by atoms with E-state index in [-0.39, 0.29) is 54.1 Å². The third-order valence-corrected chi connectivity index (χ3v) is 6.72. The van der Waals surface area contributed by atoms with E-state index in [0.717, 1.165) is 0 Å². The highest BCUT2D eigenvalue weighted by molar-refractivity contribution is 7.89. The Morgan fingerprint density at radius 3 is 2.37 bits per heavy atom. The standard InChI is InChI=1S/C17H28N4O5S/c1-11(2)18-15(22)10-20(5)17(23)14-6-8-21(9-7-14)27(24,25)16-12(3)19-26-13(16)4/h11,14H,6-10H2,1-5H3,(H,18,22). The monoisotopic (exact) mass is 400 g/mol. The molecule has 1 aliphatic rings. The molecule has 1 aliphatic heterocycles. The van der Waals surface area contributed by atoms with Crippen LogP contribution < -0.4 is 5.32 Å². The van der Waals surface area contributed by atoms with E-state index < -0.39 is 10.0 Å². The molecule has 0 atom stereocenters. The number of carbonyl (C=O) groups is 2. The number of rotatable bonds is 6. The van der Waals surface area contributed by atoms with Gasteiger partial charge in [-0.3, -0.25) is 9.59 Å². The Bertz CT molecular complexity index is 775. The van der Waals surface area contributed by atoms with Gasteiger partial charge in [-0.05, 0) is 40.5 Å². The molecule has 1 saturated heterocycles. The van der Waals surface area contributed by atoms with Crippen LogP contribution in [0.15, 0.2) is 9.42 Å². The second kappa shape index (κ2) is 8.39. The number of hydrogen-bond donors (Lipinski definition) is 1. The zero-order valence-corrected chi connectivity index (χ0v) is 17.3. The average Bonchev–Trinajstić information content (AvgIpc) is 2.92. The van der Waals surface area contributed by atoms with Crippen LogP contribution in [0.4, 0.5) is 0 Å². The van der Waals surface area contributed by atoms with Gasteiger partial charge in [0.05, 0.1) is 6.54 Å². The van der Waals surface area contributed by atoms with Gasteiger partial charge in [-0.15, -0.1) is 0 Å². The van der Waals surface area contributed by atoms with Crippen molar-refractivity contribution in [1.82, 2.24) is 19.7 Å². The van der Waals surface area contributed by atoms with Gasteiger partial charge in [0, 0.05) is 32.1 Å². The van der Waals surface area contributed by atoms with Crippen molar-refractivity contribution in [3.05, 3.63) is 11.5 Å². The Labute approximate surface area is 160 Å². The average molecular weight is 401 g/mol. The lowest BCUT2D eigenvalue weighted by molar-refractivity contribution is -0.139. The summed E-state index contributed by atoms with van der Waals surface area (Å²) in [6.07, 6.45) is 0.829. The van der Waals surface area contributed by atoms with E-state index in [1.807, 2.05) is 13.8 Å². The first-order chi connectivity index (χ1) is 12.5. The summed E-state index contributed by atoms with van der Waals surface area (Å²) < 4.78 is 32.0. The summed E-state index contributed by atoms with van der Waals surface area (Å²) in [7, 11) is -2.10. The van der Waals surface area contributed by atoms with Crippen LogP contribution in [-0.4, -0.2) is 67.3 Å². The summed E-state index contributed by atoms with van der Waals surface area (Å²) in [5.74, 6) is -0.373. The highest BCUT2D eigenvalue weighted by Gasteiger charge is 2.36. The fraction of sp³-hybridized carbons (Fsp3) is 0.706. The normalized spacial score (nSPS) is 16.5. The van der Waals surface area contributed by atoms with Gasteiger partial charge in [0.1, 0.15) is 10.6 Å². The van der Waals surface area contributed by atoms with Crippen molar-refractivity contribution in [2.24, 2.45) is 5.92 Å². The zero-order valence-electron chi connectivity index (χ0n) is 16.5. The van der Waals surface area contributed by atoms with Gasteiger partial charge in [0.2, 0.25) is 21.8 Å². The Hall–Kier alpha value is -1.94. The van der Waals surface area contributed by atoms with Gasteiger partial charge in [0.15, 0.2) is 5.76 Å². The molecule has 2 amide bonds. The molecule has 1 aromatic heterocycles. The molecule has 10 heteroatoms. The molecular weight excluding hydrogens is 372 g/mol.